The fraction of sp³-hybridized carbons (Fsp3) is 0.643. The Hall–Kier alpha value is -1.00. The van der Waals surface area contributed by atoms with Gasteiger partial charge >= 0.3 is 0 Å². The van der Waals surface area contributed by atoms with E-state index in [4.69, 9.17) is 0 Å². The summed E-state index contributed by atoms with van der Waals surface area (Å²) in [6.07, 6.45) is 3.35. The second kappa shape index (κ2) is 7.44. The summed E-state index contributed by atoms with van der Waals surface area (Å²) in [5.41, 5.74) is 0.536. The number of aliphatic hydroxyl groups is 1. The number of nitrogens with zero attached hydrogens (tertiary/aromatic N) is 2. The van der Waals surface area contributed by atoms with E-state index in [0.717, 1.165) is 25.6 Å². The minimum absolute atomic E-state index is 0.375. The van der Waals surface area contributed by atoms with Crippen LogP contribution in [0.3, 0.4) is 0 Å². The highest BCUT2D eigenvalue weighted by atomic mass is 19.1. The predicted octanol–water partition coefficient (Wildman–Crippen LogP) is 2.76. The number of aliphatic hydroxyl groups excluding tert-OH is 1. The molecule has 0 fully saturated rings. The lowest BCUT2D eigenvalue weighted by atomic mass is 10.1. The molecule has 3 nitrogen and oxygen atoms in total. The number of hydrogen-bond donors (Lipinski definition) is 1. The second-order valence-electron chi connectivity index (χ2n) is 4.66. The van der Waals surface area contributed by atoms with Crippen LogP contribution in [0.2, 0.25) is 0 Å². The van der Waals surface area contributed by atoms with Crippen LogP contribution in [-0.2, 0) is 0 Å². The first kappa shape index (κ1) is 15.1. The number of pyridine rings is 1. The van der Waals surface area contributed by atoms with E-state index in [1.165, 1.54) is 12.1 Å². The molecule has 0 aliphatic rings. The van der Waals surface area contributed by atoms with E-state index in [1.807, 2.05) is 0 Å². The van der Waals surface area contributed by atoms with Crippen molar-refractivity contribution in [3.05, 3.63) is 29.8 Å². The van der Waals surface area contributed by atoms with Crippen LogP contribution in [-0.4, -0.2) is 34.6 Å². The lowest BCUT2D eigenvalue weighted by molar-refractivity contribution is 0.130. The van der Waals surface area contributed by atoms with Crippen LogP contribution in [0.5, 0.6) is 0 Å². The molecule has 1 aromatic heterocycles. The minimum atomic E-state index is -0.623. The molecule has 0 amide bonds. The van der Waals surface area contributed by atoms with Gasteiger partial charge in [0.1, 0.15) is 5.82 Å². The van der Waals surface area contributed by atoms with Crippen LogP contribution in [0.15, 0.2) is 18.3 Å². The molecule has 0 aromatic carbocycles. The fourth-order valence-corrected chi connectivity index (χ4v) is 2.15. The number of hydrogen-bond acceptors (Lipinski definition) is 3. The van der Waals surface area contributed by atoms with Crippen LogP contribution in [0.4, 0.5) is 4.39 Å². The van der Waals surface area contributed by atoms with Crippen molar-refractivity contribution < 1.29 is 9.50 Å². The third-order valence-electron chi connectivity index (χ3n) is 3.41. The monoisotopic (exact) mass is 254 g/mol. The molecule has 0 bridgehead atoms. The molecule has 1 unspecified atom stereocenters. The van der Waals surface area contributed by atoms with E-state index in [2.05, 4.69) is 30.8 Å². The van der Waals surface area contributed by atoms with Crippen LogP contribution in [0.25, 0.3) is 0 Å². The number of aromatic nitrogens is 1. The maximum Gasteiger partial charge on any atom is 0.141 e. The normalized spacial score (nSPS) is 13.3. The Morgan fingerprint density at radius 2 is 2.00 bits per heavy atom. The largest absolute Gasteiger partial charge is 0.387 e. The Balaban J connectivity index is 2.45. The third-order valence-corrected chi connectivity index (χ3v) is 3.41. The Morgan fingerprint density at radius 1 is 1.33 bits per heavy atom. The van der Waals surface area contributed by atoms with Crippen LogP contribution >= 0.6 is 0 Å². The van der Waals surface area contributed by atoms with Gasteiger partial charge in [-0.25, -0.2) is 4.39 Å². The Kier molecular flexibility index (Phi) is 6.22. The third kappa shape index (κ3) is 4.35. The molecule has 1 rings (SSSR count). The molecule has 1 N–H and O–H groups in total. The topological polar surface area (TPSA) is 36.4 Å². The summed E-state index contributed by atoms with van der Waals surface area (Å²) in [5.74, 6) is -0.375. The average molecular weight is 254 g/mol. The summed E-state index contributed by atoms with van der Waals surface area (Å²) < 4.78 is 12.7. The van der Waals surface area contributed by atoms with Gasteiger partial charge in [0, 0.05) is 12.6 Å². The maximum atomic E-state index is 12.7. The van der Waals surface area contributed by atoms with Crippen molar-refractivity contribution in [2.45, 2.75) is 45.3 Å². The molecule has 1 heterocycles. The van der Waals surface area contributed by atoms with E-state index in [0.29, 0.717) is 18.2 Å². The first-order valence-corrected chi connectivity index (χ1v) is 6.58. The quantitative estimate of drug-likeness (QED) is 0.813. The van der Waals surface area contributed by atoms with Gasteiger partial charge in [0.25, 0.3) is 0 Å². The van der Waals surface area contributed by atoms with Crippen molar-refractivity contribution >= 4 is 0 Å². The highest BCUT2D eigenvalue weighted by Gasteiger charge is 2.14. The molecule has 0 radical (unpaired) electrons. The van der Waals surface area contributed by atoms with Gasteiger partial charge in [0.15, 0.2) is 0 Å². The second-order valence-corrected chi connectivity index (χ2v) is 4.66. The van der Waals surface area contributed by atoms with Crippen molar-refractivity contribution in [2.24, 2.45) is 0 Å². The predicted molar refractivity (Wildman–Crippen MR) is 70.8 cm³/mol. The average Bonchev–Trinajstić information content (AvgIpc) is 2.38. The standard InChI is InChI=1S/C14H23FN2O/c1-4-12(5-2)17(3)9-8-14(18)13-7-6-11(15)10-16-13/h6-7,10,12,14,18H,4-5,8-9H2,1-3H3. The first-order chi connectivity index (χ1) is 8.58. The highest BCUT2D eigenvalue weighted by Crippen LogP contribution is 2.16. The molecule has 0 saturated heterocycles. The lowest BCUT2D eigenvalue weighted by Gasteiger charge is -2.26. The minimum Gasteiger partial charge on any atom is -0.387 e. The molecule has 1 aromatic rings. The molecule has 1 atom stereocenters. The van der Waals surface area contributed by atoms with Gasteiger partial charge in [-0.05, 0) is 38.4 Å². The van der Waals surface area contributed by atoms with Gasteiger partial charge in [0.2, 0.25) is 0 Å². The zero-order chi connectivity index (χ0) is 13.5. The van der Waals surface area contributed by atoms with E-state index < -0.39 is 6.10 Å². The van der Waals surface area contributed by atoms with Crippen LogP contribution in [0.1, 0.15) is 44.9 Å². The number of halogens is 1. The maximum absolute atomic E-state index is 12.7. The van der Waals surface area contributed by atoms with Gasteiger partial charge in [-0.3, -0.25) is 4.98 Å². The van der Waals surface area contributed by atoms with E-state index >= 15 is 0 Å². The van der Waals surface area contributed by atoms with Crippen LogP contribution < -0.4 is 0 Å². The molecule has 0 aliphatic heterocycles. The Morgan fingerprint density at radius 3 is 2.50 bits per heavy atom. The van der Waals surface area contributed by atoms with E-state index in [9.17, 15) is 9.50 Å². The molecule has 4 heteroatoms. The van der Waals surface area contributed by atoms with Crippen molar-refractivity contribution in [1.29, 1.82) is 0 Å². The Labute approximate surface area is 109 Å². The molecular formula is C14H23FN2O. The molecular weight excluding hydrogens is 231 g/mol. The summed E-state index contributed by atoms with van der Waals surface area (Å²) in [4.78, 5) is 6.15. The van der Waals surface area contributed by atoms with E-state index in [1.54, 1.807) is 0 Å². The summed E-state index contributed by atoms with van der Waals surface area (Å²) in [6, 6.07) is 3.42. The molecule has 0 spiro atoms. The number of rotatable bonds is 7. The summed E-state index contributed by atoms with van der Waals surface area (Å²) in [6.45, 7) is 5.15. The zero-order valence-electron chi connectivity index (χ0n) is 11.4. The highest BCUT2D eigenvalue weighted by molar-refractivity contribution is 5.07. The molecule has 0 aliphatic carbocycles. The molecule has 0 saturated carbocycles. The van der Waals surface area contributed by atoms with Crippen LogP contribution in [0, 0.1) is 5.82 Å². The molecule has 102 valence electrons. The molecule has 18 heavy (non-hydrogen) atoms. The van der Waals surface area contributed by atoms with Gasteiger partial charge < -0.3 is 10.0 Å². The first-order valence-electron chi connectivity index (χ1n) is 6.58. The smallest absolute Gasteiger partial charge is 0.141 e. The van der Waals surface area contributed by atoms with Gasteiger partial charge in [0.05, 0.1) is 18.0 Å². The SMILES string of the molecule is CCC(CC)N(C)CCC(O)c1ccc(F)cn1. The van der Waals surface area contributed by atoms with Gasteiger partial charge in [-0.1, -0.05) is 13.8 Å². The Bertz CT molecular complexity index is 338. The summed E-state index contributed by atoms with van der Waals surface area (Å²) in [5, 5.41) is 9.98. The van der Waals surface area contributed by atoms with Crippen molar-refractivity contribution in [1.82, 2.24) is 9.88 Å². The van der Waals surface area contributed by atoms with Crippen molar-refractivity contribution in [3.63, 3.8) is 0 Å². The van der Waals surface area contributed by atoms with Gasteiger partial charge in [-0.15, -0.1) is 0 Å². The lowest BCUT2D eigenvalue weighted by Crippen LogP contribution is -2.32. The summed E-state index contributed by atoms with van der Waals surface area (Å²) in [7, 11) is 2.07. The van der Waals surface area contributed by atoms with Crippen molar-refractivity contribution in [2.75, 3.05) is 13.6 Å². The zero-order valence-corrected chi connectivity index (χ0v) is 11.4. The van der Waals surface area contributed by atoms with Crippen molar-refractivity contribution in [3.8, 4) is 0 Å². The van der Waals surface area contributed by atoms with Gasteiger partial charge in [-0.2, -0.15) is 0 Å². The summed E-state index contributed by atoms with van der Waals surface area (Å²) >= 11 is 0. The van der Waals surface area contributed by atoms with E-state index in [-0.39, 0.29) is 5.82 Å². The fourth-order valence-electron chi connectivity index (χ4n) is 2.15.